The summed E-state index contributed by atoms with van der Waals surface area (Å²) in [6.07, 6.45) is 1.41. The maximum atomic E-state index is 13.3. The van der Waals surface area contributed by atoms with E-state index in [0.717, 1.165) is 4.88 Å². The maximum Gasteiger partial charge on any atom is 0.215 e. The normalized spacial score (nSPS) is 10.3. The number of carbonyl (C=O) groups excluding carboxylic acids is 1. The molecule has 0 N–H and O–H groups in total. The van der Waals surface area contributed by atoms with Crippen LogP contribution in [-0.2, 0) is 0 Å². The minimum absolute atomic E-state index is 0.115. The molecule has 0 saturated carbocycles. The van der Waals surface area contributed by atoms with E-state index in [-0.39, 0.29) is 11.5 Å². The van der Waals surface area contributed by atoms with Crippen LogP contribution in [0.5, 0.6) is 0 Å². The van der Waals surface area contributed by atoms with E-state index in [9.17, 15) is 9.18 Å². The summed E-state index contributed by atoms with van der Waals surface area (Å²) in [6.45, 7) is 1.90. The number of hydrogen-bond acceptors (Lipinski definition) is 3. The van der Waals surface area contributed by atoms with Gasteiger partial charge in [-0.1, -0.05) is 0 Å². The standard InChI is InChI=1S/C11H8FNOS/c1-7-5-8(6-15-7)11(14)10-9(12)3-2-4-13-10/h2-6H,1H3. The molecule has 4 heteroatoms. The van der Waals surface area contributed by atoms with Gasteiger partial charge in [-0.15, -0.1) is 11.3 Å². The number of pyridine rings is 1. The fourth-order valence-corrected chi connectivity index (χ4v) is 1.93. The quantitative estimate of drug-likeness (QED) is 0.730. The van der Waals surface area contributed by atoms with Crippen LogP contribution in [0.4, 0.5) is 4.39 Å². The number of hydrogen-bond donors (Lipinski definition) is 0. The second-order valence-electron chi connectivity index (χ2n) is 3.11. The van der Waals surface area contributed by atoms with Crippen molar-refractivity contribution in [1.82, 2.24) is 4.98 Å². The van der Waals surface area contributed by atoms with Gasteiger partial charge in [0.05, 0.1) is 0 Å². The van der Waals surface area contributed by atoms with Gasteiger partial charge in [0.15, 0.2) is 5.82 Å². The zero-order valence-electron chi connectivity index (χ0n) is 8.03. The largest absolute Gasteiger partial charge is 0.287 e. The van der Waals surface area contributed by atoms with Gasteiger partial charge in [0, 0.05) is 22.0 Å². The Bertz CT molecular complexity index is 507. The second kappa shape index (κ2) is 3.90. The maximum absolute atomic E-state index is 13.3. The number of aryl methyl sites for hydroxylation is 1. The van der Waals surface area contributed by atoms with Crippen LogP contribution in [0.25, 0.3) is 0 Å². The summed E-state index contributed by atoms with van der Waals surface area (Å²) in [4.78, 5) is 16.6. The molecule has 2 aromatic rings. The van der Waals surface area contributed by atoms with Crippen molar-refractivity contribution < 1.29 is 9.18 Å². The molecule has 0 aliphatic rings. The van der Waals surface area contributed by atoms with Crippen molar-refractivity contribution >= 4 is 17.1 Å². The number of thiophene rings is 1. The summed E-state index contributed by atoms with van der Waals surface area (Å²) in [6, 6.07) is 4.44. The molecule has 2 heterocycles. The molecule has 0 saturated heterocycles. The summed E-state index contributed by atoms with van der Waals surface area (Å²) in [7, 11) is 0. The Morgan fingerprint density at radius 1 is 1.53 bits per heavy atom. The third-order valence-electron chi connectivity index (χ3n) is 1.97. The molecule has 2 rings (SSSR count). The van der Waals surface area contributed by atoms with Gasteiger partial charge in [-0.05, 0) is 25.1 Å². The molecule has 0 aliphatic heterocycles. The smallest absolute Gasteiger partial charge is 0.215 e. The monoisotopic (exact) mass is 221 g/mol. The summed E-state index contributed by atoms with van der Waals surface area (Å²) in [5.74, 6) is -0.941. The first-order valence-corrected chi connectivity index (χ1v) is 5.27. The van der Waals surface area contributed by atoms with Crippen LogP contribution in [0, 0.1) is 12.7 Å². The molecule has 2 nitrogen and oxygen atoms in total. The molecule has 15 heavy (non-hydrogen) atoms. The highest BCUT2D eigenvalue weighted by molar-refractivity contribution is 7.10. The molecule has 0 aliphatic carbocycles. The number of halogens is 1. The lowest BCUT2D eigenvalue weighted by Gasteiger charge is -1.97. The van der Waals surface area contributed by atoms with E-state index in [1.165, 1.54) is 29.7 Å². The van der Waals surface area contributed by atoms with Gasteiger partial charge in [0.2, 0.25) is 5.78 Å². The molecular formula is C11H8FNOS. The number of ketones is 1. The topological polar surface area (TPSA) is 30.0 Å². The summed E-state index contributed by atoms with van der Waals surface area (Å²) in [5, 5.41) is 1.71. The minimum atomic E-state index is -0.577. The second-order valence-corrected chi connectivity index (χ2v) is 4.22. The lowest BCUT2D eigenvalue weighted by Crippen LogP contribution is -2.05. The molecular weight excluding hydrogens is 213 g/mol. The average molecular weight is 221 g/mol. The predicted molar refractivity (Wildman–Crippen MR) is 56.7 cm³/mol. The highest BCUT2D eigenvalue weighted by atomic mass is 32.1. The van der Waals surface area contributed by atoms with E-state index in [4.69, 9.17) is 0 Å². The number of rotatable bonds is 2. The van der Waals surface area contributed by atoms with Crippen molar-refractivity contribution in [1.29, 1.82) is 0 Å². The first-order valence-electron chi connectivity index (χ1n) is 4.39. The highest BCUT2D eigenvalue weighted by Crippen LogP contribution is 2.17. The minimum Gasteiger partial charge on any atom is -0.287 e. The van der Waals surface area contributed by atoms with Crippen LogP contribution in [0.3, 0.4) is 0 Å². The van der Waals surface area contributed by atoms with Crippen LogP contribution in [0.15, 0.2) is 29.8 Å². The van der Waals surface area contributed by atoms with Crippen molar-refractivity contribution in [2.45, 2.75) is 6.92 Å². The van der Waals surface area contributed by atoms with Crippen LogP contribution in [0.2, 0.25) is 0 Å². The Labute approximate surface area is 90.4 Å². The van der Waals surface area contributed by atoms with E-state index < -0.39 is 5.82 Å². The Hall–Kier alpha value is -1.55. The third-order valence-corrected chi connectivity index (χ3v) is 2.83. The highest BCUT2D eigenvalue weighted by Gasteiger charge is 2.15. The van der Waals surface area contributed by atoms with E-state index in [2.05, 4.69) is 4.98 Å². The van der Waals surface area contributed by atoms with Crippen molar-refractivity contribution in [3.8, 4) is 0 Å². The van der Waals surface area contributed by atoms with E-state index >= 15 is 0 Å². The van der Waals surface area contributed by atoms with Crippen LogP contribution < -0.4 is 0 Å². The third kappa shape index (κ3) is 1.94. The summed E-state index contributed by atoms with van der Waals surface area (Å²) < 4.78 is 13.3. The molecule has 0 atom stereocenters. The Morgan fingerprint density at radius 2 is 2.33 bits per heavy atom. The number of aromatic nitrogens is 1. The summed E-state index contributed by atoms with van der Waals surface area (Å²) in [5.41, 5.74) is 0.380. The van der Waals surface area contributed by atoms with Gasteiger partial charge < -0.3 is 0 Å². The van der Waals surface area contributed by atoms with Crippen LogP contribution in [0.1, 0.15) is 20.9 Å². The average Bonchev–Trinajstić information content (AvgIpc) is 2.65. The van der Waals surface area contributed by atoms with Gasteiger partial charge in [-0.2, -0.15) is 0 Å². The first-order chi connectivity index (χ1) is 7.18. The lowest BCUT2D eigenvalue weighted by molar-refractivity contribution is 0.103. The van der Waals surface area contributed by atoms with Gasteiger partial charge in [-0.25, -0.2) is 9.37 Å². The summed E-state index contributed by atoms with van der Waals surface area (Å²) >= 11 is 1.46. The van der Waals surface area contributed by atoms with Crippen molar-refractivity contribution in [2.24, 2.45) is 0 Å². The molecule has 0 unspecified atom stereocenters. The van der Waals surface area contributed by atoms with Gasteiger partial charge >= 0.3 is 0 Å². The first kappa shape index (κ1) is 9.98. The molecule has 0 aromatic carbocycles. The molecule has 0 radical (unpaired) electrons. The lowest BCUT2D eigenvalue weighted by atomic mass is 10.1. The fourth-order valence-electron chi connectivity index (χ4n) is 1.25. The van der Waals surface area contributed by atoms with Crippen LogP contribution in [-0.4, -0.2) is 10.8 Å². The molecule has 0 bridgehead atoms. The molecule has 2 aromatic heterocycles. The van der Waals surface area contributed by atoms with Gasteiger partial charge in [0.1, 0.15) is 5.69 Å². The fraction of sp³-hybridized carbons (Fsp3) is 0.0909. The van der Waals surface area contributed by atoms with Crippen LogP contribution >= 0.6 is 11.3 Å². The van der Waals surface area contributed by atoms with Crippen molar-refractivity contribution in [2.75, 3.05) is 0 Å². The molecule has 76 valence electrons. The Kier molecular flexibility index (Phi) is 2.60. The molecule has 0 spiro atoms. The van der Waals surface area contributed by atoms with Crippen molar-refractivity contribution in [3.63, 3.8) is 0 Å². The van der Waals surface area contributed by atoms with E-state index in [1.54, 1.807) is 11.4 Å². The van der Waals surface area contributed by atoms with Gasteiger partial charge in [0.25, 0.3) is 0 Å². The predicted octanol–water partition coefficient (Wildman–Crippen LogP) is 2.82. The number of nitrogens with zero attached hydrogens (tertiary/aromatic N) is 1. The van der Waals surface area contributed by atoms with E-state index in [1.807, 2.05) is 6.92 Å². The molecule has 0 fully saturated rings. The zero-order chi connectivity index (χ0) is 10.8. The molecule has 0 amide bonds. The van der Waals surface area contributed by atoms with E-state index in [0.29, 0.717) is 5.56 Å². The number of carbonyl (C=O) groups is 1. The zero-order valence-corrected chi connectivity index (χ0v) is 8.84. The Balaban J connectivity index is 2.41. The van der Waals surface area contributed by atoms with Crippen molar-refractivity contribution in [3.05, 3.63) is 51.7 Å². The van der Waals surface area contributed by atoms with Gasteiger partial charge in [-0.3, -0.25) is 4.79 Å². The Morgan fingerprint density at radius 3 is 2.93 bits per heavy atom. The SMILES string of the molecule is Cc1cc(C(=O)c2ncccc2F)cs1.